The molecule has 1 fully saturated rings. The summed E-state index contributed by atoms with van der Waals surface area (Å²) in [5.41, 5.74) is 7.12. The number of nitrogens with two attached hydrogens (primary N) is 1. The van der Waals surface area contributed by atoms with Crippen molar-refractivity contribution in [2.75, 3.05) is 6.54 Å². The topological polar surface area (TPSA) is 75.4 Å². The Morgan fingerprint density at radius 2 is 2.10 bits per heavy atom. The number of benzene rings is 1. The zero-order valence-corrected chi connectivity index (χ0v) is 12.1. The normalized spacial score (nSPS) is 17.7. The van der Waals surface area contributed by atoms with Crippen LogP contribution in [-0.2, 0) is 0 Å². The highest BCUT2D eigenvalue weighted by atomic mass is 16.3. The molecule has 110 valence electrons. The van der Waals surface area contributed by atoms with Crippen molar-refractivity contribution in [3.05, 3.63) is 29.3 Å². The van der Waals surface area contributed by atoms with E-state index in [4.69, 9.17) is 5.73 Å². The molecule has 4 heteroatoms. The van der Waals surface area contributed by atoms with E-state index in [1.54, 1.807) is 25.1 Å². The second-order valence-corrected chi connectivity index (χ2v) is 5.72. The van der Waals surface area contributed by atoms with Crippen LogP contribution < -0.4 is 11.1 Å². The summed E-state index contributed by atoms with van der Waals surface area (Å²) in [5.74, 6) is 0.606. The molecule has 1 atom stereocenters. The van der Waals surface area contributed by atoms with Gasteiger partial charge in [0.05, 0.1) is 0 Å². The molecule has 0 heterocycles. The molecular weight excluding hydrogens is 252 g/mol. The monoisotopic (exact) mass is 276 g/mol. The Hall–Kier alpha value is -1.55. The maximum atomic E-state index is 12.3. The molecular formula is C16H24N2O2. The number of phenols is 1. The number of amides is 1. The van der Waals surface area contributed by atoms with E-state index in [0.29, 0.717) is 23.6 Å². The van der Waals surface area contributed by atoms with Crippen LogP contribution >= 0.6 is 0 Å². The van der Waals surface area contributed by atoms with Crippen LogP contribution in [0.5, 0.6) is 5.75 Å². The van der Waals surface area contributed by atoms with Crippen LogP contribution in [0.1, 0.15) is 48.0 Å². The Bertz CT molecular complexity index is 468. The van der Waals surface area contributed by atoms with E-state index in [1.807, 2.05) is 0 Å². The van der Waals surface area contributed by atoms with E-state index in [2.05, 4.69) is 5.32 Å². The predicted octanol–water partition coefficient (Wildman–Crippen LogP) is 2.34. The van der Waals surface area contributed by atoms with Crippen LogP contribution in [0.15, 0.2) is 18.2 Å². The highest BCUT2D eigenvalue weighted by molar-refractivity contribution is 5.94. The molecule has 1 aromatic carbocycles. The van der Waals surface area contributed by atoms with E-state index >= 15 is 0 Å². The van der Waals surface area contributed by atoms with Gasteiger partial charge >= 0.3 is 0 Å². The number of aryl methyl sites for hydroxylation is 1. The van der Waals surface area contributed by atoms with E-state index in [0.717, 1.165) is 12.8 Å². The fourth-order valence-corrected chi connectivity index (χ4v) is 2.95. The van der Waals surface area contributed by atoms with Crippen LogP contribution in [0.2, 0.25) is 0 Å². The zero-order valence-electron chi connectivity index (χ0n) is 12.1. The second-order valence-electron chi connectivity index (χ2n) is 5.72. The van der Waals surface area contributed by atoms with Crippen LogP contribution in [0.3, 0.4) is 0 Å². The third-order valence-electron chi connectivity index (χ3n) is 4.25. The molecule has 4 N–H and O–H groups in total. The molecule has 1 saturated carbocycles. The Morgan fingerprint density at radius 1 is 1.40 bits per heavy atom. The fraction of sp³-hybridized carbons (Fsp3) is 0.562. The smallest absolute Gasteiger partial charge is 0.251 e. The summed E-state index contributed by atoms with van der Waals surface area (Å²) in [6, 6.07) is 4.96. The van der Waals surface area contributed by atoms with Gasteiger partial charge in [-0.2, -0.15) is 0 Å². The summed E-state index contributed by atoms with van der Waals surface area (Å²) in [4.78, 5) is 12.3. The first-order valence-corrected chi connectivity index (χ1v) is 7.42. The van der Waals surface area contributed by atoms with E-state index in [-0.39, 0.29) is 17.7 Å². The number of hydrogen-bond acceptors (Lipinski definition) is 3. The van der Waals surface area contributed by atoms with E-state index in [9.17, 15) is 9.90 Å². The highest BCUT2D eigenvalue weighted by Crippen LogP contribution is 2.26. The summed E-state index contributed by atoms with van der Waals surface area (Å²) >= 11 is 0. The average molecular weight is 276 g/mol. The number of hydrogen-bond donors (Lipinski definition) is 3. The van der Waals surface area contributed by atoms with Crippen molar-refractivity contribution in [3.63, 3.8) is 0 Å². The number of rotatable bonds is 4. The summed E-state index contributed by atoms with van der Waals surface area (Å²) in [5, 5.41) is 12.6. The Kier molecular flexibility index (Phi) is 5.01. The molecule has 0 bridgehead atoms. The van der Waals surface area contributed by atoms with Gasteiger partial charge in [0.1, 0.15) is 5.75 Å². The lowest BCUT2D eigenvalue weighted by Gasteiger charge is -2.30. The van der Waals surface area contributed by atoms with Crippen molar-refractivity contribution in [3.8, 4) is 5.75 Å². The maximum Gasteiger partial charge on any atom is 0.251 e. The maximum absolute atomic E-state index is 12.3. The lowest BCUT2D eigenvalue weighted by Crippen LogP contribution is -2.45. The van der Waals surface area contributed by atoms with Gasteiger partial charge in [-0.05, 0) is 49.4 Å². The van der Waals surface area contributed by atoms with Gasteiger partial charge in [0, 0.05) is 18.2 Å². The molecule has 1 aromatic rings. The number of aromatic hydroxyl groups is 1. The van der Waals surface area contributed by atoms with Crippen LogP contribution in [-0.4, -0.2) is 23.6 Å². The minimum Gasteiger partial charge on any atom is -0.508 e. The summed E-state index contributed by atoms with van der Waals surface area (Å²) < 4.78 is 0. The standard InChI is InChI=1S/C16H24N2O2/c1-11-9-13(7-8-15(11)19)16(20)18-14(10-17)12-5-3-2-4-6-12/h7-9,12,14,19H,2-6,10,17H2,1H3,(H,18,20). The number of carbonyl (C=O) groups excluding carboxylic acids is 1. The first-order chi connectivity index (χ1) is 9.61. The Balaban J connectivity index is 2.02. The minimum atomic E-state index is -0.103. The SMILES string of the molecule is Cc1cc(C(=O)NC(CN)C2CCCCC2)ccc1O. The van der Waals surface area contributed by atoms with Gasteiger partial charge < -0.3 is 16.2 Å². The lowest BCUT2D eigenvalue weighted by atomic mass is 9.84. The van der Waals surface area contributed by atoms with Gasteiger partial charge in [0.2, 0.25) is 0 Å². The first kappa shape index (κ1) is 14.9. The molecule has 1 aliphatic rings. The molecule has 20 heavy (non-hydrogen) atoms. The average Bonchev–Trinajstić information content (AvgIpc) is 2.48. The summed E-state index contributed by atoms with van der Waals surface area (Å²) in [6.45, 7) is 2.27. The summed E-state index contributed by atoms with van der Waals surface area (Å²) in [7, 11) is 0. The third-order valence-corrected chi connectivity index (χ3v) is 4.25. The van der Waals surface area contributed by atoms with Crippen molar-refractivity contribution in [1.82, 2.24) is 5.32 Å². The Morgan fingerprint density at radius 3 is 2.70 bits per heavy atom. The van der Waals surface area contributed by atoms with Gasteiger partial charge in [0.15, 0.2) is 0 Å². The summed E-state index contributed by atoms with van der Waals surface area (Å²) in [6.07, 6.45) is 6.05. The van der Waals surface area contributed by atoms with Crippen molar-refractivity contribution in [1.29, 1.82) is 0 Å². The van der Waals surface area contributed by atoms with E-state index < -0.39 is 0 Å². The molecule has 0 aromatic heterocycles. The molecule has 0 aliphatic heterocycles. The minimum absolute atomic E-state index is 0.0527. The molecule has 1 amide bonds. The van der Waals surface area contributed by atoms with Gasteiger partial charge in [-0.15, -0.1) is 0 Å². The van der Waals surface area contributed by atoms with E-state index in [1.165, 1.54) is 19.3 Å². The first-order valence-electron chi connectivity index (χ1n) is 7.42. The van der Waals surface area contributed by atoms with Crippen molar-refractivity contribution in [2.24, 2.45) is 11.7 Å². The molecule has 1 aliphatic carbocycles. The van der Waals surface area contributed by atoms with Gasteiger partial charge in [-0.25, -0.2) is 0 Å². The molecule has 0 radical (unpaired) electrons. The molecule has 4 nitrogen and oxygen atoms in total. The van der Waals surface area contributed by atoms with Crippen molar-refractivity contribution < 1.29 is 9.90 Å². The zero-order chi connectivity index (χ0) is 14.5. The number of phenolic OH excluding ortho intramolecular Hbond substituents is 1. The van der Waals surface area contributed by atoms with Crippen molar-refractivity contribution in [2.45, 2.75) is 45.1 Å². The number of carbonyl (C=O) groups is 1. The Labute approximate surface area is 120 Å². The molecule has 2 rings (SSSR count). The number of nitrogens with one attached hydrogen (secondary N) is 1. The largest absolute Gasteiger partial charge is 0.508 e. The highest BCUT2D eigenvalue weighted by Gasteiger charge is 2.24. The van der Waals surface area contributed by atoms with Crippen LogP contribution in [0.25, 0.3) is 0 Å². The van der Waals surface area contributed by atoms with Gasteiger partial charge in [-0.3, -0.25) is 4.79 Å². The molecule has 0 saturated heterocycles. The van der Waals surface area contributed by atoms with Gasteiger partial charge in [-0.1, -0.05) is 19.3 Å². The third kappa shape index (κ3) is 3.51. The fourth-order valence-electron chi connectivity index (χ4n) is 2.95. The second kappa shape index (κ2) is 6.75. The van der Waals surface area contributed by atoms with Crippen molar-refractivity contribution >= 4 is 5.91 Å². The van der Waals surface area contributed by atoms with Gasteiger partial charge in [0.25, 0.3) is 5.91 Å². The lowest BCUT2D eigenvalue weighted by molar-refractivity contribution is 0.0915. The molecule has 1 unspecified atom stereocenters. The van der Waals surface area contributed by atoms with Crippen LogP contribution in [0.4, 0.5) is 0 Å². The predicted molar refractivity (Wildman–Crippen MR) is 79.7 cm³/mol. The molecule has 0 spiro atoms. The van der Waals surface area contributed by atoms with Crippen LogP contribution in [0, 0.1) is 12.8 Å². The quantitative estimate of drug-likeness (QED) is 0.790.